The lowest BCUT2D eigenvalue weighted by Gasteiger charge is -2.15. The van der Waals surface area contributed by atoms with Gasteiger partial charge in [-0.1, -0.05) is 6.07 Å². The zero-order valence-electron chi connectivity index (χ0n) is 13.8. The van der Waals surface area contributed by atoms with Crippen LogP contribution in [0.25, 0.3) is 10.9 Å². The highest BCUT2D eigenvalue weighted by molar-refractivity contribution is 5.82. The first-order chi connectivity index (χ1) is 12.3. The quantitative estimate of drug-likeness (QED) is 0.749. The molecule has 3 rings (SSSR count). The van der Waals surface area contributed by atoms with Gasteiger partial charge in [0.05, 0.1) is 12.5 Å². The minimum absolute atomic E-state index is 0.134. The summed E-state index contributed by atoms with van der Waals surface area (Å²) in [5.74, 6) is -2.45. The lowest BCUT2D eigenvalue weighted by atomic mass is 10.1. The summed E-state index contributed by atoms with van der Waals surface area (Å²) in [7, 11) is 0. The standard InChI is InChI=1S/C19H15F3N2O2/c1-10(15-4-2-14(21)9-16(15)22)23-18(25)8-12-6-11-7-13(20)3-5-17(11)24-19(12)26/h2-7,9-10H,8H2,1H3,(H,23,25)(H,24,26)/t10-/m0/s1. The molecule has 134 valence electrons. The van der Waals surface area contributed by atoms with Crippen molar-refractivity contribution in [1.82, 2.24) is 10.3 Å². The van der Waals surface area contributed by atoms with E-state index in [1.807, 2.05) is 0 Å². The maximum absolute atomic E-state index is 13.8. The van der Waals surface area contributed by atoms with Gasteiger partial charge < -0.3 is 10.3 Å². The summed E-state index contributed by atoms with van der Waals surface area (Å²) in [6.07, 6.45) is -0.255. The van der Waals surface area contributed by atoms with Crippen LogP contribution < -0.4 is 10.9 Å². The van der Waals surface area contributed by atoms with Crippen molar-refractivity contribution in [3.8, 4) is 0 Å². The lowest BCUT2D eigenvalue weighted by molar-refractivity contribution is -0.121. The smallest absolute Gasteiger partial charge is 0.252 e. The summed E-state index contributed by atoms with van der Waals surface area (Å²) in [5.41, 5.74) is 0.295. The zero-order chi connectivity index (χ0) is 18.8. The van der Waals surface area contributed by atoms with Gasteiger partial charge in [0.1, 0.15) is 17.5 Å². The molecule has 4 nitrogen and oxygen atoms in total. The number of H-pyrrole nitrogens is 1. The van der Waals surface area contributed by atoms with Gasteiger partial charge in [-0.05, 0) is 37.3 Å². The van der Waals surface area contributed by atoms with Crippen molar-refractivity contribution in [2.45, 2.75) is 19.4 Å². The number of aromatic amines is 1. The second kappa shape index (κ2) is 7.03. The monoisotopic (exact) mass is 360 g/mol. The van der Waals surface area contributed by atoms with Crippen molar-refractivity contribution in [3.05, 3.63) is 81.4 Å². The first-order valence-corrected chi connectivity index (χ1v) is 7.89. The Morgan fingerprint density at radius 2 is 1.77 bits per heavy atom. The number of fused-ring (bicyclic) bond motifs is 1. The normalized spacial score (nSPS) is 12.2. The van der Waals surface area contributed by atoms with Crippen molar-refractivity contribution >= 4 is 16.8 Å². The van der Waals surface area contributed by atoms with Gasteiger partial charge in [-0.25, -0.2) is 13.2 Å². The van der Waals surface area contributed by atoms with E-state index in [2.05, 4.69) is 10.3 Å². The number of carbonyl (C=O) groups is 1. The van der Waals surface area contributed by atoms with Gasteiger partial charge in [-0.15, -0.1) is 0 Å². The van der Waals surface area contributed by atoms with Gasteiger partial charge in [0, 0.05) is 28.1 Å². The number of hydrogen-bond donors (Lipinski definition) is 2. The zero-order valence-corrected chi connectivity index (χ0v) is 13.8. The Morgan fingerprint density at radius 1 is 1.08 bits per heavy atom. The number of pyridine rings is 1. The van der Waals surface area contributed by atoms with Crippen LogP contribution in [0.1, 0.15) is 24.1 Å². The van der Waals surface area contributed by atoms with Crippen LogP contribution in [-0.4, -0.2) is 10.9 Å². The summed E-state index contributed by atoms with van der Waals surface area (Å²) < 4.78 is 40.1. The fourth-order valence-electron chi connectivity index (χ4n) is 2.75. The number of benzene rings is 2. The molecule has 0 spiro atoms. The van der Waals surface area contributed by atoms with E-state index in [4.69, 9.17) is 0 Å². The Morgan fingerprint density at radius 3 is 2.50 bits per heavy atom. The van der Waals surface area contributed by atoms with Crippen LogP contribution in [-0.2, 0) is 11.2 Å². The van der Waals surface area contributed by atoms with E-state index >= 15 is 0 Å². The molecule has 1 amide bonds. The summed E-state index contributed by atoms with van der Waals surface area (Å²) in [6.45, 7) is 1.55. The molecule has 0 saturated carbocycles. The van der Waals surface area contributed by atoms with Crippen LogP contribution >= 0.6 is 0 Å². The molecule has 2 aromatic carbocycles. The van der Waals surface area contributed by atoms with Crippen molar-refractivity contribution < 1.29 is 18.0 Å². The van der Waals surface area contributed by atoms with E-state index in [9.17, 15) is 22.8 Å². The van der Waals surface area contributed by atoms with Gasteiger partial charge in [-0.2, -0.15) is 0 Å². The molecular weight excluding hydrogens is 345 g/mol. The van der Waals surface area contributed by atoms with Crippen molar-refractivity contribution in [3.63, 3.8) is 0 Å². The summed E-state index contributed by atoms with van der Waals surface area (Å²) in [4.78, 5) is 26.9. The molecule has 0 saturated heterocycles. The maximum atomic E-state index is 13.8. The first kappa shape index (κ1) is 17.7. The van der Waals surface area contributed by atoms with Crippen LogP contribution in [0.15, 0.2) is 47.3 Å². The summed E-state index contributed by atoms with van der Waals surface area (Å²) in [5, 5.41) is 3.03. The Balaban J connectivity index is 1.78. The molecule has 7 heteroatoms. The molecule has 0 fully saturated rings. The van der Waals surface area contributed by atoms with Gasteiger partial charge in [0.2, 0.25) is 5.91 Å². The number of hydrogen-bond acceptors (Lipinski definition) is 2. The number of rotatable bonds is 4. The van der Waals surface area contributed by atoms with E-state index in [0.29, 0.717) is 10.9 Å². The average molecular weight is 360 g/mol. The predicted octanol–water partition coefficient (Wildman–Crippen LogP) is 3.37. The van der Waals surface area contributed by atoms with E-state index in [1.165, 1.54) is 30.3 Å². The molecule has 3 aromatic rings. The minimum Gasteiger partial charge on any atom is -0.349 e. The Hall–Kier alpha value is -3.09. The molecule has 1 aromatic heterocycles. The Labute approximate surface area is 146 Å². The molecule has 0 radical (unpaired) electrons. The third-order valence-corrected chi connectivity index (χ3v) is 4.04. The highest BCUT2D eigenvalue weighted by atomic mass is 19.1. The SMILES string of the molecule is C[C@H](NC(=O)Cc1cc2cc(F)ccc2[nH]c1=O)c1ccc(F)cc1F. The van der Waals surface area contributed by atoms with Gasteiger partial charge in [-0.3, -0.25) is 9.59 Å². The molecule has 26 heavy (non-hydrogen) atoms. The van der Waals surface area contributed by atoms with Gasteiger partial charge >= 0.3 is 0 Å². The second-order valence-corrected chi connectivity index (χ2v) is 5.99. The minimum atomic E-state index is -0.767. The van der Waals surface area contributed by atoms with Crippen molar-refractivity contribution in [2.24, 2.45) is 0 Å². The highest BCUT2D eigenvalue weighted by Crippen LogP contribution is 2.18. The molecule has 0 unspecified atom stereocenters. The third kappa shape index (κ3) is 3.77. The largest absolute Gasteiger partial charge is 0.349 e. The molecule has 0 aliphatic carbocycles. The molecule has 2 N–H and O–H groups in total. The van der Waals surface area contributed by atoms with Crippen LogP contribution in [0, 0.1) is 17.5 Å². The lowest BCUT2D eigenvalue weighted by Crippen LogP contribution is -2.30. The fourth-order valence-corrected chi connectivity index (χ4v) is 2.75. The number of amides is 1. The third-order valence-electron chi connectivity index (χ3n) is 4.04. The van der Waals surface area contributed by atoms with Gasteiger partial charge in [0.25, 0.3) is 5.56 Å². The predicted molar refractivity (Wildman–Crippen MR) is 91.1 cm³/mol. The fraction of sp³-hybridized carbons (Fsp3) is 0.158. The maximum Gasteiger partial charge on any atom is 0.252 e. The van der Waals surface area contributed by atoms with Crippen LogP contribution in [0.4, 0.5) is 13.2 Å². The molecule has 0 aliphatic rings. The Bertz CT molecular complexity index is 1050. The number of halogens is 3. The Kier molecular flexibility index (Phi) is 4.79. The first-order valence-electron chi connectivity index (χ1n) is 7.89. The highest BCUT2D eigenvalue weighted by Gasteiger charge is 2.16. The average Bonchev–Trinajstić information content (AvgIpc) is 2.55. The summed E-state index contributed by atoms with van der Waals surface area (Å²) >= 11 is 0. The van der Waals surface area contributed by atoms with E-state index < -0.39 is 35.0 Å². The number of aromatic nitrogens is 1. The number of carbonyl (C=O) groups excluding carboxylic acids is 1. The van der Waals surface area contributed by atoms with E-state index in [0.717, 1.165) is 12.1 Å². The van der Waals surface area contributed by atoms with Crippen molar-refractivity contribution in [1.29, 1.82) is 0 Å². The topological polar surface area (TPSA) is 62.0 Å². The number of nitrogens with one attached hydrogen (secondary N) is 2. The van der Waals surface area contributed by atoms with E-state index in [-0.39, 0.29) is 17.5 Å². The van der Waals surface area contributed by atoms with Crippen LogP contribution in [0.3, 0.4) is 0 Å². The molecule has 0 aliphatic heterocycles. The van der Waals surface area contributed by atoms with Crippen molar-refractivity contribution in [2.75, 3.05) is 0 Å². The second-order valence-electron chi connectivity index (χ2n) is 5.99. The van der Waals surface area contributed by atoms with Crippen LogP contribution in [0.2, 0.25) is 0 Å². The van der Waals surface area contributed by atoms with E-state index in [1.54, 1.807) is 6.92 Å². The summed E-state index contributed by atoms with van der Waals surface area (Å²) in [6, 6.07) is 7.74. The molecule has 0 bridgehead atoms. The molecule has 1 heterocycles. The van der Waals surface area contributed by atoms with Crippen LogP contribution in [0.5, 0.6) is 0 Å². The van der Waals surface area contributed by atoms with Gasteiger partial charge in [0.15, 0.2) is 0 Å². The molecular formula is C19H15F3N2O2. The molecule has 1 atom stereocenters.